The second kappa shape index (κ2) is 9.17. The van der Waals surface area contributed by atoms with Crippen LogP contribution in [0.1, 0.15) is 62.5 Å². The van der Waals surface area contributed by atoms with Gasteiger partial charge in [0.1, 0.15) is 5.82 Å². The fourth-order valence-corrected chi connectivity index (χ4v) is 4.15. The van der Waals surface area contributed by atoms with Crippen LogP contribution in [-0.2, 0) is 12.8 Å². The molecule has 150 valence electrons. The molecule has 0 N–H and O–H groups in total. The van der Waals surface area contributed by atoms with Crippen LogP contribution in [0.15, 0.2) is 66.3 Å². The molecular formula is C27H30FN. The summed E-state index contributed by atoms with van der Waals surface area (Å²) in [6.07, 6.45) is 13.1. The van der Waals surface area contributed by atoms with Gasteiger partial charge in [0.2, 0.25) is 0 Å². The Morgan fingerprint density at radius 3 is 2.28 bits per heavy atom. The smallest absolute Gasteiger partial charge is 0.123 e. The van der Waals surface area contributed by atoms with E-state index in [0.717, 1.165) is 41.8 Å². The zero-order valence-electron chi connectivity index (χ0n) is 17.9. The highest BCUT2D eigenvalue weighted by Crippen LogP contribution is 2.39. The maximum absolute atomic E-state index is 13.6. The molecule has 0 spiro atoms. The largest absolute Gasteiger partial charge is 0.256 e. The lowest BCUT2D eigenvalue weighted by molar-refractivity contribution is 0.628. The van der Waals surface area contributed by atoms with Gasteiger partial charge in [0.15, 0.2) is 0 Å². The number of nitrogens with zero attached hydrogens (tertiary/aromatic N) is 1. The molecule has 0 fully saturated rings. The number of pyridine rings is 1. The molecule has 29 heavy (non-hydrogen) atoms. The number of fused-ring (bicyclic) bond motifs is 1. The van der Waals surface area contributed by atoms with Crippen LogP contribution in [0.2, 0.25) is 0 Å². The normalized spacial score (nSPS) is 14.7. The van der Waals surface area contributed by atoms with Gasteiger partial charge in [-0.15, -0.1) is 0 Å². The number of rotatable bonds is 5. The highest BCUT2D eigenvalue weighted by atomic mass is 19.1. The van der Waals surface area contributed by atoms with E-state index >= 15 is 0 Å². The van der Waals surface area contributed by atoms with Gasteiger partial charge in [-0.3, -0.25) is 4.98 Å². The molecule has 0 bridgehead atoms. The molecule has 2 heteroatoms. The number of aromatic nitrogens is 1. The maximum Gasteiger partial charge on any atom is 0.123 e. The van der Waals surface area contributed by atoms with E-state index in [9.17, 15) is 4.39 Å². The van der Waals surface area contributed by atoms with Crippen LogP contribution in [0.4, 0.5) is 4.39 Å². The summed E-state index contributed by atoms with van der Waals surface area (Å²) in [5.41, 5.74) is 9.46. The maximum atomic E-state index is 13.6. The summed E-state index contributed by atoms with van der Waals surface area (Å²) in [6.45, 7) is 12.5. The molecule has 0 unspecified atom stereocenters. The highest BCUT2D eigenvalue weighted by molar-refractivity contribution is 5.80. The van der Waals surface area contributed by atoms with Crippen molar-refractivity contribution in [3.8, 4) is 11.1 Å². The molecule has 0 saturated heterocycles. The summed E-state index contributed by atoms with van der Waals surface area (Å²) in [7, 11) is 0. The molecule has 1 nitrogen and oxygen atoms in total. The molecule has 1 heterocycles. The van der Waals surface area contributed by atoms with Gasteiger partial charge >= 0.3 is 0 Å². The van der Waals surface area contributed by atoms with Gasteiger partial charge in [0, 0.05) is 17.7 Å². The van der Waals surface area contributed by atoms with Crippen molar-refractivity contribution in [2.24, 2.45) is 0 Å². The third-order valence-corrected chi connectivity index (χ3v) is 5.49. The molecule has 3 rings (SSSR count). The van der Waals surface area contributed by atoms with Crippen LogP contribution in [0.25, 0.3) is 17.2 Å². The number of benzene rings is 1. The first-order valence-corrected chi connectivity index (χ1v) is 10.4. The number of hydrogen-bond donors (Lipinski definition) is 0. The van der Waals surface area contributed by atoms with Crippen molar-refractivity contribution < 1.29 is 4.39 Å². The van der Waals surface area contributed by atoms with Crippen LogP contribution in [0, 0.1) is 5.82 Å². The molecule has 1 aromatic carbocycles. The molecule has 2 aromatic rings. The Hall–Kier alpha value is -2.74. The summed E-state index contributed by atoms with van der Waals surface area (Å²) < 4.78 is 13.6. The number of halogens is 1. The average molecular weight is 388 g/mol. The van der Waals surface area contributed by atoms with Crippen molar-refractivity contribution in [3.05, 3.63) is 94.6 Å². The van der Waals surface area contributed by atoms with Crippen molar-refractivity contribution in [2.75, 3.05) is 0 Å². The third-order valence-electron chi connectivity index (χ3n) is 5.49. The van der Waals surface area contributed by atoms with Crippen molar-refractivity contribution >= 4 is 6.08 Å². The Morgan fingerprint density at radius 2 is 1.69 bits per heavy atom. The Balaban J connectivity index is 2.32. The van der Waals surface area contributed by atoms with Gasteiger partial charge in [-0.05, 0) is 72.6 Å². The fourth-order valence-electron chi connectivity index (χ4n) is 4.15. The van der Waals surface area contributed by atoms with E-state index in [2.05, 4.69) is 51.7 Å². The molecule has 0 amide bonds. The third kappa shape index (κ3) is 4.32. The van der Waals surface area contributed by atoms with E-state index < -0.39 is 0 Å². The average Bonchev–Trinajstić information content (AvgIpc) is 2.88. The second-order valence-corrected chi connectivity index (χ2v) is 7.80. The van der Waals surface area contributed by atoms with E-state index in [4.69, 9.17) is 4.98 Å². The minimum atomic E-state index is -0.212. The summed E-state index contributed by atoms with van der Waals surface area (Å²) in [6, 6.07) is 6.88. The molecule has 1 aliphatic carbocycles. The number of allylic oxidation sites excluding steroid dienone is 6. The van der Waals surface area contributed by atoms with E-state index in [1.807, 2.05) is 25.1 Å². The zero-order valence-corrected chi connectivity index (χ0v) is 17.9. The molecule has 0 radical (unpaired) electrons. The van der Waals surface area contributed by atoms with E-state index in [1.165, 1.54) is 22.3 Å². The SMILES string of the molecule is C=CC1=C(/C=C\C)CCc2c(nc(C(C)C)c(/C=C/C)c2-c2ccc(F)cc2)C1. The molecule has 0 aliphatic heterocycles. The van der Waals surface area contributed by atoms with Gasteiger partial charge in [0.25, 0.3) is 0 Å². The zero-order chi connectivity index (χ0) is 21.0. The van der Waals surface area contributed by atoms with Gasteiger partial charge in [-0.2, -0.15) is 0 Å². The Labute approximate surface area is 174 Å². The number of hydrogen-bond acceptors (Lipinski definition) is 1. The van der Waals surface area contributed by atoms with E-state index in [0.29, 0.717) is 5.92 Å². The molecule has 1 aromatic heterocycles. The molecular weight excluding hydrogens is 357 g/mol. The molecule has 0 saturated carbocycles. The van der Waals surface area contributed by atoms with Crippen molar-refractivity contribution in [1.29, 1.82) is 0 Å². The highest BCUT2D eigenvalue weighted by Gasteiger charge is 2.23. The molecule has 0 atom stereocenters. The van der Waals surface area contributed by atoms with Crippen LogP contribution < -0.4 is 0 Å². The Bertz CT molecular complexity index is 988. The monoisotopic (exact) mass is 387 g/mol. The van der Waals surface area contributed by atoms with Crippen molar-refractivity contribution in [3.63, 3.8) is 0 Å². The lowest BCUT2D eigenvalue weighted by atomic mass is 9.87. The first-order chi connectivity index (χ1) is 14.0. The fraction of sp³-hybridized carbons (Fsp3) is 0.296. The predicted molar refractivity (Wildman–Crippen MR) is 122 cm³/mol. The van der Waals surface area contributed by atoms with Crippen LogP contribution >= 0.6 is 0 Å². The predicted octanol–water partition coefficient (Wildman–Crippen LogP) is 7.59. The van der Waals surface area contributed by atoms with Gasteiger partial charge in [-0.1, -0.05) is 62.9 Å². The van der Waals surface area contributed by atoms with E-state index in [1.54, 1.807) is 12.1 Å². The van der Waals surface area contributed by atoms with Crippen molar-refractivity contribution in [2.45, 2.75) is 52.9 Å². The summed E-state index contributed by atoms with van der Waals surface area (Å²) in [5.74, 6) is 0.0802. The molecule has 1 aliphatic rings. The van der Waals surface area contributed by atoms with Crippen molar-refractivity contribution in [1.82, 2.24) is 4.98 Å². The lowest BCUT2D eigenvalue weighted by Gasteiger charge is -2.21. The Kier molecular flexibility index (Phi) is 6.64. The summed E-state index contributed by atoms with van der Waals surface area (Å²) in [4.78, 5) is 5.16. The summed E-state index contributed by atoms with van der Waals surface area (Å²) >= 11 is 0. The lowest BCUT2D eigenvalue weighted by Crippen LogP contribution is -2.09. The van der Waals surface area contributed by atoms with Gasteiger partial charge in [0.05, 0.1) is 5.69 Å². The van der Waals surface area contributed by atoms with Gasteiger partial charge < -0.3 is 0 Å². The van der Waals surface area contributed by atoms with E-state index in [-0.39, 0.29) is 5.82 Å². The first-order valence-electron chi connectivity index (χ1n) is 10.4. The Morgan fingerprint density at radius 1 is 1.00 bits per heavy atom. The minimum Gasteiger partial charge on any atom is -0.256 e. The first kappa shape index (κ1) is 21.0. The van der Waals surface area contributed by atoms with Crippen LogP contribution in [-0.4, -0.2) is 4.98 Å². The van der Waals surface area contributed by atoms with Crippen LogP contribution in [0.3, 0.4) is 0 Å². The van der Waals surface area contributed by atoms with Crippen LogP contribution in [0.5, 0.6) is 0 Å². The topological polar surface area (TPSA) is 12.9 Å². The summed E-state index contributed by atoms with van der Waals surface area (Å²) in [5, 5.41) is 0. The van der Waals surface area contributed by atoms with Gasteiger partial charge in [-0.25, -0.2) is 4.39 Å². The minimum absolute atomic E-state index is 0.212. The second-order valence-electron chi connectivity index (χ2n) is 7.80. The standard InChI is InChI=1S/C27H30FN/c1-6-9-20-13-16-23-25(17-19(20)8-3)29-27(18(4)5)24(10-7-2)26(23)21-11-14-22(28)15-12-21/h6-12,14-15,18H,3,13,16-17H2,1-2,4-5H3/b9-6-,10-7+. The quantitative estimate of drug-likeness (QED) is 0.515.